The van der Waals surface area contributed by atoms with Gasteiger partial charge in [0, 0.05) is 31.1 Å². The van der Waals surface area contributed by atoms with E-state index in [1.807, 2.05) is 11.8 Å². The molecule has 0 spiro atoms. The smallest absolute Gasteiger partial charge is 0.228 e. The summed E-state index contributed by atoms with van der Waals surface area (Å²) in [7, 11) is 1.69. The average Bonchev–Trinajstić information content (AvgIpc) is 2.89. The summed E-state index contributed by atoms with van der Waals surface area (Å²) in [6, 6.07) is 0.199. The van der Waals surface area contributed by atoms with Crippen LogP contribution in [0.3, 0.4) is 0 Å². The molecule has 0 aliphatic carbocycles. The van der Waals surface area contributed by atoms with Gasteiger partial charge < -0.3 is 19.3 Å². The highest BCUT2D eigenvalue weighted by Gasteiger charge is 2.23. The molecule has 1 aromatic rings. The Bertz CT molecular complexity index is 363. The van der Waals surface area contributed by atoms with E-state index >= 15 is 0 Å². The van der Waals surface area contributed by atoms with Crippen LogP contribution in [0.25, 0.3) is 0 Å². The number of thioether (sulfide) groups is 1. The number of ether oxygens (including phenoxy) is 2. The molecule has 1 aromatic heterocycles. The molecule has 0 aromatic carbocycles. The van der Waals surface area contributed by atoms with E-state index in [4.69, 9.17) is 14.0 Å². The van der Waals surface area contributed by atoms with Gasteiger partial charge in [0.1, 0.15) is 6.10 Å². The largest absolute Gasteiger partial charge is 0.383 e. The number of likely N-dealkylation sites (N-methyl/N-ethyl adjacent to an activating group) is 1. The highest BCUT2D eigenvalue weighted by atomic mass is 32.2. The summed E-state index contributed by atoms with van der Waals surface area (Å²) in [6.45, 7) is 4.33. The quantitative estimate of drug-likeness (QED) is 0.803. The minimum Gasteiger partial charge on any atom is -0.383 e. The lowest BCUT2D eigenvalue weighted by atomic mass is 10.2. The molecule has 1 aliphatic rings. The van der Waals surface area contributed by atoms with E-state index in [1.165, 1.54) is 0 Å². The molecule has 1 N–H and O–H groups in total. The Morgan fingerprint density at radius 3 is 3.16 bits per heavy atom. The molecule has 1 saturated heterocycles. The van der Waals surface area contributed by atoms with Crippen molar-refractivity contribution in [3.63, 3.8) is 0 Å². The zero-order chi connectivity index (χ0) is 13.5. The summed E-state index contributed by atoms with van der Waals surface area (Å²) in [4.78, 5) is 4.43. The molecular weight excluding hydrogens is 266 g/mol. The Labute approximate surface area is 117 Å². The number of nitrogens with zero attached hydrogens (tertiary/aromatic N) is 2. The Hall–Kier alpha value is -0.630. The molecule has 1 fully saturated rings. The van der Waals surface area contributed by atoms with E-state index in [-0.39, 0.29) is 12.1 Å². The topological polar surface area (TPSA) is 69.4 Å². The van der Waals surface area contributed by atoms with Crippen molar-refractivity contribution in [2.45, 2.75) is 25.5 Å². The van der Waals surface area contributed by atoms with Crippen LogP contribution >= 0.6 is 11.8 Å². The van der Waals surface area contributed by atoms with Crippen LogP contribution in [0.4, 0.5) is 0 Å². The van der Waals surface area contributed by atoms with Gasteiger partial charge in [-0.1, -0.05) is 12.1 Å². The fourth-order valence-corrected chi connectivity index (χ4v) is 2.85. The van der Waals surface area contributed by atoms with Crippen molar-refractivity contribution >= 4 is 11.8 Å². The zero-order valence-electron chi connectivity index (χ0n) is 11.4. The van der Waals surface area contributed by atoms with Crippen LogP contribution in [0.2, 0.25) is 0 Å². The molecule has 2 heterocycles. The number of hydrogen-bond acceptors (Lipinski definition) is 7. The minimum absolute atomic E-state index is 0.0312. The first-order valence-corrected chi connectivity index (χ1v) is 7.73. The SMILES string of the molecule is CCNC(COC)Cc1nc(C2CSCCO2)no1. The Balaban J connectivity index is 1.91. The second-order valence-corrected chi connectivity index (χ2v) is 5.54. The lowest BCUT2D eigenvalue weighted by Crippen LogP contribution is -2.35. The normalized spacial score (nSPS) is 21.5. The molecule has 7 heteroatoms. The fraction of sp³-hybridized carbons (Fsp3) is 0.833. The Morgan fingerprint density at radius 2 is 2.47 bits per heavy atom. The maximum Gasteiger partial charge on any atom is 0.228 e. The summed E-state index contributed by atoms with van der Waals surface area (Å²) in [5, 5.41) is 7.35. The van der Waals surface area contributed by atoms with E-state index in [9.17, 15) is 0 Å². The van der Waals surface area contributed by atoms with E-state index in [0.717, 1.165) is 24.7 Å². The lowest BCUT2D eigenvalue weighted by Gasteiger charge is -2.18. The molecule has 0 saturated carbocycles. The third kappa shape index (κ3) is 4.45. The van der Waals surface area contributed by atoms with Crippen LogP contribution in [-0.4, -0.2) is 54.6 Å². The first-order valence-electron chi connectivity index (χ1n) is 6.57. The summed E-state index contributed by atoms with van der Waals surface area (Å²) >= 11 is 1.86. The number of nitrogens with one attached hydrogen (secondary N) is 1. The van der Waals surface area contributed by atoms with E-state index < -0.39 is 0 Å². The summed E-state index contributed by atoms with van der Waals surface area (Å²) < 4.78 is 16.1. The maximum absolute atomic E-state index is 5.63. The fourth-order valence-electron chi connectivity index (χ4n) is 2.01. The molecule has 2 unspecified atom stereocenters. The molecule has 108 valence electrons. The lowest BCUT2D eigenvalue weighted by molar-refractivity contribution is 0.0677. The van der Waals surface area contributed by atoms with Crippen LogP contribution in [0, 0.1) is 0 Å². The maximum atomic E-state index is 5.63. The van der Waals surface area contributed by atoms with Crippen molar-refractivity contribution in [1.29, 1.82) is 0 Å². The highest BCUT2D eigenvalue weighted by molar-refractivity contribution is 7.99. The highest BCUT2D eigenvalue weighted by Crippen LogP contribution is 2.24. The van der Waals surface area contributed by atoms with Crippen LogP contribution < -0.4 is 5.32 Å². The van der Waals surface area contributed by atoms with Crippen molar-refractivity contribution in [2.75, 3.05) is 38.4 Å². The third-order valence-electron chi connectivity index (χ3n) is 2.87. The molecular formula is C12H21N3O3S. The molecule has 0 bridgehead atoms. The molecule has 19 heavy (non-hydrogen) atoms. The monoisotopic (exact) mass is 287 g/mol. The van der Waals surface area contributed by atoms with E-state index in [0.29, 0.717) is 24.7 Å². The van der Waals surface area contributed by atoms with Crippen molar-refractivity contribution in [3.8, 4) is 0 Å². The summed E-state index contributed by atoms with van der Waals surface area (Å²) in [5.41, 5.74) is 0. The molecule has 2 rings (SSSR count). The zero-order valence-corrected chi connectivity index (χ0v) is 12.2. The van der Waals surface area contributed by atoms with Gasteiger partial charge in [0.25, 0.3) is 0 Å². The molecule has 6 nitrogen and oxygen atoms in total. The number of methoxy groups -OCH3 is 1. The van der Waals surface area contributed by atoms with Gasteiger partial charge in [0.2, 0.25) is 11.7 Å². The second kappa shape index (κ2) is 7.84. The predicted octanol–water partition coefficient (Wildman–Crippen LogP) is 1.04. The number of hydrogen-bond donors (Lipinski definition) is 1. The number of aromatic nitrogens is 2. The predicted molar refractivity (Wildman–Crippen MR) is 73.4 cm³/mol. The molecule has 0 radical (unpaired) electrons. The standard InChI is InChI=1S/C12H21N3O3S/c1-3-13-9(7-16-2)6-11-14-12(15-18-11)10-8-19-5-4-17-10/h9-10,13H,3-8H2,1-2H3. The first kappa shape index (κ1) is 14.8. The molecule has 1 aliphatic heterocycles. The van der Waals surface area contributed by atoms with E-state index in [2.05, 4.69) is 22.4 Å². The molecule has 2 atom stereocenters. The third-order valence-corrected chi connectivity index (χ3v) is 3.86. The average molecular weight is 287 g/mol. The first-order chi connectivity index (χ1) is 9.33. The van der Waals surface area contributed by atoms with Crippen molar-refractivity contribution in [3.05, 3.63) is 11.7 Å². The second-order valence-electron chi connectivity index (χ2n) is 4.39. The van der Waals surface area contributed by atoms with Crippen LogP contribution in [0.15, 0.2) is 4.52 Å². The van der Waals surface area contributed by atoms with Crippen LogP contribution in [0.1, 0.15) is 24.7 Å². The van der Waals surface area contributed by atoms with Gasteiger partial charge in [-0.25, -0.2) is 0 Å². The van der Waals surface area contributed by atoms with Crippen molar-refractivity contribution in [1.82, 2.24) is 15.5 Å². The Kier molecular flexibility index (Phi) is 6.09. The van der Waals surface area contributed by atoms with Gasteiger partial charge in [0.15, 0.2) is 0 Å². The number of rotatable bonds is 7. The summed E-state index contributed by atoms with van der Waals surface area (Å²) in [5.74, 6) is 3.23. The summed E-state index contributed by atoms with van der Waals surface area (Å²) in [6.07, 6.45) is 0.644. The van der Waals surface area contributed by atoms with Gasteiger partial charge >= 0.3 is 0 Å². The van der Waals surface area contributed by atoms with Gasteiger partial charge in [-0.2, -0.15) is 16.7 Å². The van der Waals surface area contributed by atoms with Gasteiger partial charge in [-0.3, -0.25) is 0 Å². The van der Waals surface area contributed by atoms with Crippen molar-refractivity contribution in [2.24, 2.45) is 0 Å². The van der Waals surface area contributed by atoms with Gasteiger partial charge in [0.05, 0.1) is 13.2 Å². The Morgan fingerprint density at radius 1 is 1.58 bits per heavy atom. The van der Waals surface area contributed by atoms with E-state index in [1.54, 1.807) is 7.11 Å². The van der Waals surface area contributed by atoms with Crippen LogP contribution in [-0.2, 0) is 15.9 Å². The minimum atomic E-state index is -0.0312. The molecule has 0 amide bonds. The van der Waals surface area contributed by atoms with Crippen LogP contribution in [0.5, 0.6) is 0 Å². The van der Waals surface area contributed by atoms with Crippen molar-refractivity contribution < 1.29 is 14.0 Å². The van der Waals surface area contributed by atoms with Gasteiger partial charge in [-0.15, -0.1) is 0 Å². The van der Waals surface area contributed by atoms with Gasteiger partial charge in [-0.05, 0) is 6.54 Å².